The summed E-state index contributed by atoms with van der Waals surface area (Å²) < 4.78 is 36.6. The minimum atomic E-state index is -3.50. The van der Waals surface area contributed by atoms with Crippen LogP contribution in [0.3, 0.4) is 0 Å². The normalized spacial score (nSPS) is 11.4. The van der Waals surface area contributed by atoms with Gasteiger partial charge in [0.1, 0.15) is 11.3 Å². The highest BCUT2D eigenvalue weighted by Crippen LogP contribution is 2.29. The SMILES string of the molecule is O=C(O)COc1ccc(CCCS(=O)(=O)c2ccc(Cl)cc2)cc1NC(=O)c1cccc(CSc2nc3ccccc3o2)c1. The molecular weight excluding hydrogens is 624 g/mol. The zero-order chi connectivity index (χ0) is 31.1. The second kappa shape index (κ2) is 14.0. The van der Waals surface area contributed by atoms with E-state index < -0.39 is 28.3 Å². The Morgan fingerprint density at radius 2 is 1.75 bits per heavy atom. The maximum Gasteiger partial charge on any atom is 0.341 e. The summed E-state index contributed by atoms with van der Waals surface area (Å²) in [5.41, 5.74) is 3.77. The minimum absolute atomic E-state index is 0.0814. The number of nitrogens with zero attached hydrogens (tertiary/aromatic N) is 1. The molecule has 0 saturated heterocycles. The Kier molecular flexibility index (Phi) is 9.89. The van der Waals surface area contributed by atoms with Gasteiger partial charge in [-0.3, -0.25) is 4.79 Å². The first-order valence-corrected chi connectivity index (χ1v) is 16.5. The number of carboxylic acid groups (broad SMARTS) is 1. The maximum atomic E-state index is 13.3. The average Bonchev–Trinajstić information content (AvgIpc) is 3.43. The third kappa shape index (κ3) is 8.19. The Hall–Kier alpha value is -4.32. The molecule has 1 amide bonds. The summed E-state index contributed by atoms with van der Waals surface area (Å²) in [7, 11) is -3.50. The maximum absolute atomic E-state index is 13.3. The second-order valence-electron chi connectivity index (χ2n) is 9.78. The van der Waals surface area contributed by atoms with E-state index >= 15 is 0 Å². The summed E-state index contributed by atoms with van der Waals surface area (Å²) in [5, 5.41) is 12.9. The number of benzene rings is 4. The number of anilines is 1. The molecule has 0 aliphatic heterocycles. The standard InChI is InChI=1S/C32H27ClN2O7S2/c33-24-11-13-25(14-12-24)44(39,40)16-4-6-21-10-15-28(41-19-30(36)37)27(18-21)34-31(38)23-7-3-5-22(17-23)20-43-32-35-26-8-1-2-9-29(26)42-32/h1-3,5,7-15,17-18H,4,6,16,19-20H2,(H,34,38)(H,36,37). The van der Waals surface area contributed by atoms with Gasteiger partial charge in [0, 0.05) is 16.3 Å². The third-order valence-electron chi connectivity index (χ3n) is 6.52. The van der Waals surface area contributed by atoms with Crippen LogP contribution in [0.4, 0.5) is 5.69 Å². The molecule has 0 aliphatic rings. The summed E-state index contributed by atoms with van der Waals surface area (Å²) in [6.07, 6.45) is 0.727. The molecule has 0 fully saturated rings. The first-order chi connectivity index (χ1) is 21.2. The number of carboxylic acids is 1. The van der Waals surface area contributed by atoms with Crippen molar-refractivity contribution in [2.75, 3.05) is 17.7 Å². The van der Waals surface area contributed by atoms with Crippen LogP contribution in [0, 0.1) is 0 Å². The van der Waals surface area contributed by atoms with Gasteiger partial charge in [0.15, 0.2) is 22.0 Å². The van der Waals surface area contributed by atoms with Gasteiger partial charge in [-0.2, -0.15) is 0 Å². The van der Waals surface area contributed by atoms with Gasteiger partial charge in [-0.15, -0.1) is 0 Å². The quantitative estimate of drug-likeness (QED) is 0.130. The van der Waals surface area contributed by atoms with Gasteiger partial charge in [0.05, 0.1) is 16.3 Å². The number of nitrogens with one attached hydrogen (secondary N) is 1. The number of halogens is 1. The van der Waals surface area contributed by atoms with E-state index in [1.807, 2.05) is 30.3 Å². The van der Waals surface area contributed by atoms with Crippen molar-refractivity contribution in [1.82, 2.24) is 4.98 Å². The lowest BCUT2D eigenvalue weighted by molar-refractivity contribution is -0.139. The van der Waals surface area contributed by atoms with Crippen LogP contribution in [0.25, 0.3) is 11.1 Å². The van der Waals surface area contributed by atoms with Gasteiger partial charge < -0.3 is 19.6 Å². The van der Waals surface area contributed by atoms with Crippen molar-refractivity contribution in [2.24, 2.45) is 0 Å². The lowest BCUT2D eigenvalue weighted by atomic mass is 10.1. The van der Waals surface area contributed by atoms with Crippen molar-refractivity contribution < 1.29 is 32.3 Å². The Morgan fingerprint density at radius 1 is 0.955 bits per heavy atom. The number of carbonyl (C=O) groups is 2. The molecule has 0 bridgehead atoms. The van der Waals surface area contributed by atoms with Crippen LogP contribution in [0.2, 0.25) is 5.02 Å². The van der Waals surface area contributed by atoms with E-state index in [0.717, 1.165) is 16.6 Å². The van der Waals surface area contributed by atoms with E-state index in [9.17, 15) is 18.0 Å². The molecule has 0 unspecified atom stereocenters. The number of aliphatic carboxylic acids is 1. The van der Waals surface area contributed by atoms with E-state index in [1.54, 1.807) is 36.4 Å². The molecule has 1 aromatic heterocycles. The zero-order valence-electron chi connectivity index (χ0n) is 23.2. The largest absolute Gasteiger partial charge is 0.480 e. The molecule has 226 valence electrons. The zero-order valence-corrected chi connectivity index (χ0v) is 25.6. The number of para-hydroxylation sites is 2. The van der Waals surface area contributed by atoms with E-state index in [-0.39, 0.29) is 22.1 Å². The molecular formula is C32H27ClN2O7S2. The van der Waals surface area contributed by atoms with Gasteiger partial charge in [0.25, 0.3) is 11.1 Å². The molecule has 44 heavy (non-hydrogen) atoms. The third-order valence-corrected chi connectivity index (χ3v) is 9.49. The second-order valence-corrected chi connectivity index (χ2v) is 13.3. The van der Waals surface area contributed by atoms with Crippen LogP contribution in [-0.4, -0.2) is 42.7 Å². The summed E-state index contributed by atoms with van der Waals surface area (Å²) in [4.78, 5) is 29.1. The number of carbonyl (C=O) groups excluding carboxylic acids is 1. The number of sulfone groups is 1. The molecule has 5 rings (SSSR count). The van der Waals surface area contributed by atoms with Crippen molar-refractivity contribution in [3.63, 3.8) is 0 Å². The van der Waals surface area contributed by atoms with Crippen LogP contribution in [0.15, 0.2) is 106 Å². The summed E-state index contributed by atoms with van der Waals surface area (Å²) in [5.74, 6) is -0.956. The fraction of sp³-hybridized carbons (Fsp3) is 0.156. The van der Waals surface area contributed by atoms with Crippen molar-refractivity contribution in [1.29, 1.82) is 0 Å². The van der Waals surface area contributed by atoms with Crippen molar-refractivity contribution in [3.05, 3.63) is 113 Å². The molecule has 5 aromatic rings. The van der Waals surface area contributed by atoms with Crippen LogP contribution in [0.5, 0.6) is 5.75 Å². The number of rotatable bonds is 13. The average molecular weight is 651 g/mol. The smallest absolute Gasteiger partial charge is 0.341 e. The molecule has 0 atom stereocenters. The van der Waals surface area contributed by atoms with E-state index in [2.05, 4.69) is 10.3 Å². The summed E-state index contributed by atoms with van der Waals surface area (Å²) in [6, 6.07) is 25.6. The number of aryl methyl sites for hydroxylation is 1. The van der Waals surface area contributed by atoms with Crippen molar-refractivity contribution in [2.45, 2.75) is 28.7 Å². The highest BCUT2D eigenvalue weighted by molar-refractivity contribution is 7.98. The molecule has 9 nitrogen and oxygen atoms in total. The number of ether oxygens (including phenoxy) is 1. The topological polar surface area (TPSA) is 136 Å². The summed E-state index contributed by atoms with van der Waals surface area (Å²) >= 11 is 7.28. The van der Waals surface area contributed by atoms with Crippen LogP contribution in [-0.2, 0) is 26.8 Å². The minimum Gasteiger partial charge on any atom is -0.480 e. The Bertz CT molecular complexity index is 1870. The number of thioether (sulfide) groups is 1. The van der Waals surface area contributed by atoms with E-state index in [4.69, 9.17) is 25.9 Å². The van der Waals surface area contributed by atoms with Crippen LogP contribution in [0.1, 0.15) is 27.9 Å². The Labute approximate surface area is 263 Å². The highest BCUT2D eigenvalue weighted by Gasteiger charge is 2.16. The number of amides is 1. The lowest BCUT2D eigenvalue weighted by Crippen LogP contribution is -2.15. The van der Waals surface area contributed by atoms with Gasteiger partial charge in [-0.25, -0.2) is 18.2 Å². The van der Waals surface area contributed by atoms with E-state index in [1.165, 1.54) is 36.0 Å². The predicted molar refractivity (Wildman–Crippen MR) is 169 cm³/mol. The van der Waals surface area contributed by atoms with Crippen molar-refractivity contribution >= 4 is 61.9 Å². The first-order valence-electron chi connectivity index (χ1n) is 13.5. The summed E-state index contributed by atoms with van der Waals surface area (Å²) in [6.45, 7) is -0.593. The highest BCUT2D eigenvalue weighted by atomic mass is 35.5. The lowest BCUT2D eigenvalue weighted by Gasteiger charge is -2.14. The van der Waals surface area contributed by atoms with E-state index in [0.29, 0.717) is 40.0 Å². The Balaban J connectivity index is 1.26. The number of hydrogen-bond acceptors (Lipinski definition) is 8. The Morgan fingerprint density at radius 3 is 2.52 bits per heavy atom. The van der Waals surface area contributed by atoms with Crippen LogP contribution >= 0.6 is 23.4 Å². The molecule has 0 radical (unpaired) electrons. The number of hydrogen-bond donors (Lipinski definition) is 2. The van der Waals surface area contributed by atoms with Crippen molar-refractivity contribution in [3.8, 4) is 5.75 Å². The van der Waals surface area contributed by atoms with Gasteiger partial charge in [0.2, 0.25) is 0 Å². The molecule has 12 heteroatoms. The predicted octanol–water partition coefficient (Wildman–Crippen LogP) is 6.90. The number of aromatic nitrogens is 1. The number of oxazole rings is 1. The molecule has 4 aromatic carbocycles. The van der Waals surface area contributed by atoms with Gasteiger partial charge >= 0.3 is 5.97 Å². The molecule has 1 heterocycles. The fourth-order valence-corrected chi connectivity index (χ4v) is 6.59. The molecule has 0 saturated carbocycles. The molecule has 0 spiro atoms. The monoisotopic (exact) mass is 650 g/mol. The van der Waals surface area contributed by atoms with Crippen LogP contribution < -0.4 is 10.1 Å². The molecule has 2 N–H and O–H groups in total. The van der Waals surface area contributed by atoms with Gasteiger partial charge in [-0.1, -0.05) is 53.7 Å². The molecule has 0 aliphatic carbocycles. The first kappa shape index (κ1) is 31.1. The fourth-order valence-electron chi connectivity index (χ4n) is 4.38. The van der Waals surface area contributed by atoms with Gasteiger partial charge in [-0.05, 0) is 84.6 Å². The number of fused-ring (bicyclic) bond motifs is 1.